The number of halogens is 4. The molecule has 2 heterocycles. The molecule has 2 saturated heterocycles. The van der Waals surface area contributed by atoms with E-state index in [1.165, 1.54) is 6.07 Å². The van der Waals surface area contributed by atoms with Crippen molar-refractivity contribution in [2.75, 3.05) is 26.2 Å². The van der Waals surface area contributed by atoms with Crippen LogP contribution in [-0.2, 0) is 17.5 Å². The minimum absolute atomic E-state index is 0.0616. The molecule has 8 heteroatoms. The molecule has 0 radical (unpaired) electrons. The lowest BCUT2D eigenvalue weighted by atomic mass is 9.85. The zero-order valence-electron chi connectivity index (χ0n) is 14.4. The topological polar surface area (TPSA) is 43.8 Å². The van der Waals surface area contributed by atoms with Crippen LogP contribution in [0.4, 0.5) is 17.6 Å². The maximum absolute atomic E-state index is 13.5. The predicted octanol–water partition coefficient (Wildman–Crippen LogP) is 2.79. The Bertz CT molecular complexity index is 678. The van der Waals surface area contributed by atoms with Crippen molar-refractivity contribution in [3.05, 3.63) is 35.1 Å². The third-order valence-electron chi connectivity index (χ3n) is 5.41. The molecule has 2 aliphatic rings. The second-order valence-corrected chi connectivity index (χ2v) is 6.99. The summed E-state index contributed by atoms with van der Waals surface area (Å²) in [4.78, 5) is 16.5. The Labute approximate surface area is 149 Å². The number of hydrogen-bond acceptors (Lipinski definition) is 3. The van der Waals surface area contributed by atoms with Gasteiger partial charge in [0.15, 0.2) is 0 Å². The summed E-state index contributed by atoms with van der Waals surface area (Å²) in [6.45, 7) is 1.52. The Morgan fingerprint density at radius 1 is 1.15 bits per heavy atom. The zero-order valence-corrected chi connectivity index (χ0v) is 14.4. The molecule has 1 atom stereocenters. The summed E-state index contributed by atoms with van der Waals surface area (Å²) in [7, 11) is 0. The molecule has 0 aliphatic carbocycles. The Balaban J connectivity index is 1.84. The molecular formula is C18H22F4N2O2. The standard InChI is InChI=1S/C18H22F4N2O2/c19-15-4-3-13(11-14(15)18(20,21)22)12-24-8-2-6-17(24)5-1-7-23(9-10-25)16(17)26/h3-4,11,25H,1-2,5-10,12H2. The van der Waals surface area contributed by atoms with Gasteiger partial charge < -0.3 is 10.0 Å². The van der Waals surface area contributed by atoms with Crippen molar-refractivity contribution < 1.29 is 27.5 Å². The molecule has 0 saturated carbocycles. The fourth-order valence-electron chi connectivity index (χ4n) is 4.20. The smallest absolute Gasteiger partial charge is 0.395 e. The average molecular weight is 374 g/mol. The third-order valence-corrected chi connectivity index (χ3v) is 5.41. The maximum atomic E-state index is 13.5. The summed E-state index contributed by atoms with van der Waals surface area (Å²) in [5.74, 6) is -1.35. The molecule has 3 rings (SSSR count). The summed E-state index contributed by atoms with van der Waals surface area (Å²) >= 11 is 0. The maximum Gasteiger partial charge on any atom is 0.419 e. The van der Waals surface area contributed by atoms with Gasteiger partial charge >= 0.3 is 6.18 Å². The van der Waals surface area contributed by atoms with Gasteiger partial charge in [-0.15, -0.1) is 0 Å². The van der Waals surface area contributed by atoms with E-state index in [0.717, 1.165) is 25.0 Å². The fraction of sp³-hybridized carbons (Fsp3) is 0.611. The molecule has 1 N–H and O–H groups in total. The minimum Gasteiger partial charge on any atom is -0.395 e. The summed E-state index contributed by atoms with van der Waals surface area (Å²) in [5.41, 5.74) is -1.66. The van der Waals surface area contributed by atoms with Crippen molar-refractivity contribution in [1.29, 1.82) is 0 Å². The van der Waals surface area contributed by atoms with E-state index in [2.05, 4.69) is 0 Å². The highest BCUT2D eigenvalue weighted by Gasteiger charge is 2.50. The van der Waals surface area contributed by atoms with Gasteiger partial charge in [-0.25, -0.2) is 4.39 Å². The molecule has 1 amide bonds. The van der Waals surface area contributed by atoms with Crippen molar-refractivity contribution in [3.8, 4) is 0 Å². The van der Waals surface area contributed by atoms with Crippen LogP contribution >= 0.6 is 0 Å². The molecular weight excluding hydrogens is 352 g/mol. The summed E-state index contributed by atoms with van der Waals surface area (Å²) in [5, 5.41) is 9.15. The van der Waals surface area contributed by atoms with Crippen molar-refractivity contribution in [2.45, 2.75) is 43.9 Å². The van der Waals surface area contributed by atoms with Crippen LogP contribution in [0.25, 0.3) is 0 Å². The van der Waals surface area contributed by atoms with Crippen LogP contribution < -0.4 is 0 Å². The largest absolute Gasteiger partial charge is 0.419 e. The molecule has 1 aromatic rings. The number of likely N-dealkylation sites (tertiary alicyclic amines) is 2. The van der Waals surface area contributed by atoms with E-state index in [9.17, 15) is 22.4 Å². The molecule has 1 spiro atoms. The van der Waals surface area contributed by atoms with Gasteiger partial charge in [-0.05, 0) is 49.9 Å². The second-order valence-electron chi connectivity index (χ2n) is 6.99. The molecule has 144 valence electrons. The van der Waals surface area contributed by atoms with Crippen LogP contribution in [0, 0.1) is 5.82 Å². The van der Waals surface area contributed by atoms with E-state index in [-0.39, 0.29) is 25.6 Å². The van der Waals surface area contributed by atoms with Crippen LogP contribution in [0.1, 0.15) is 36.8 Å². The molecule has 0 bridgehead atoms. The van der Waals surface area contributed by atoms with E-state index >= 15 is 0 Å². The highest BCUT2D eigenvalue weighted by Crippen LogP contribution is 2.40. The number of alkyl halides is 3. The summed E-state index contributed by atoms with van der Waals surface area (Å²) in [6.07, 6.45) is -1.87. The van der Waals surface area contributed by atoms with Gasteiger partial charge in [-0.1, -0.05) is 6.07 Å². The first-order chi connectivity index (χ1) is 12.3. The number of aliphatic hydroxyl groups excluding tert-OH is 1. The molecule has 26 heavy (non-hydrogen) atoms. The highest BCUT2D eigenvalue weighted by molar-refractivity contribution is 5.87. The van der Waals surface area contributed by atoms with Gasteiger partial charge in [0.25, 0.3) is 0 Å². The van der Waals surface area contributed by atoms with E-state index in [0.29, 0.717) is 31.5 Å². The van der Waals surface area contributed by atoms with Crippen molar-refractivity contribution >= 4 is 5.91 Å². The molecule has 4 nitrogen and oxygen atoms in total. The number of nitrogens with zero attached hydrogens (tertiary/aromatic N) is 2. The summed E-state index contributed by atoms with van der Waals surface area (Å²) in [6, 6.07) is 3.01. The highest BCUT2D eigenvalue weighted by atomic mass is 19.4. The molecule has 2 aliphatic heterocycles. The first-order valence-corrected chi connectivity index (χ1v) is 8.79. The molecule has 0 aromatic heterocycles. The molecule has 2 fully saturated rings. The zero-order chi connectivity index (χ0) is 18.9. The SMILES string of the molecule is O=C1N(CCO)CCCC12CCCN2Cc1ccc(F)c(C(F)(F)F)c1. The Morgan fingerprint density at radius 3 is 2.50 bits per heavy atom. The summed E-state index contributed by atoms with van der Waals surface area (Å²) < 4.78 is 52.4. The van der Waals surface area contributed by atoms with Crippen LogP contribution in [-0.4, -0.2) is 52.6 Å². The van der Waals surface area contributed by atoms with Gasteiger partial charge in [-0.2, -0.15) is 13.2 Å². The lowest BCUT2D eigenvalue weighted by Gasteiger charge is -2.44. The van der Waals surface area contributed by atoms with Gasteiger partial charge in [0.1, 0.15) is 11.4 Å². The number of benzene rings is 1. The van der Waals surface area contributed by atoms with Crippen LogP contribution in [0.3, 0.4) is 0 Å². The van der Waals surface area contributed by atoms with E-state index in [1.54, 1.807) is 4.90 Å². The van der Waals surface area contributed by atoms with Crippen LogP contribution in [0.15, 0.2) is 18.2 Å². The van der Waals surface area contributed by atoms with Crippen LogP contribution in [0.5, 0.6) is 0 Å². The van der Waals surface area contributed by atoms with Gasteiger partial charge in [0.2, 0.25) is 5.91 Å². The third kappa shape index (κ3) is 3.44. The fourth-order valence-corrected chi connectivity index (χ4v) is 4.20. The Kier molecular flexibility index (Phi) is 5.25. The predicted molar refractivity (Wildman–Crippen MR) is 86.7 cm³/mol. The normalized spacial score (nSPS) is 24.7. The number of amides is 1. The number of carbonyl (C=O) groups is 1. The van der Waals surface area contributed by atoms with Crippen molar-refractivity contribution in [3.63, 3.8) is 0 Å². The van der Waals surface area contributed by atoms with Gasteiger partial charge in [0.05, 0.1) is 12.2 Å². The van der Waals surface area contributed by atoms with Crippen LogP contribution in [0.2, 0.25) is 0 Å². The molecule has 1 unspecified atom stereocenters. The number of aliphatic hydroxyl groups is 1. The van der Waals surface area contributed by atoms with E-state index in [1.807, 2.05) is 4.90 Å². The van der Waals surface area contributed by atoms with Crippen molar-refractivity contribution in [1.82, 2.24) is 9.80 Å². The lowest BCUT2D eigenvalue weighted by Crippen LogP contribution is -2.60. The second kappa shape index (κ2) is 7.15. The van der Waals surface area contributed by atoms with Gasteiger partial charge in [-0.3, -0.25) is 9.69 Å². The average Bonchev–Trinajstić information content (AvgIpc) is 2.96. The molecule has 1 aromatic carbocycles. The number of rotatable bonds is 4. The van der Waals surface area contributed by atoms with Crippen molar-refractivity contribution in [2.24, 2.45) is 0 Å². The lowest BCUT2D eigenvalue weighted by molar-refractivity contribution is -0.148. The monoisotopic (exact) mass is 374 g/mol. The Hall–Kier alpha value is -1.67. The number of piperidine rings is 1. The first kappa shape index (κ1) is 19.1. The van der Waals surface area contributed by atoms with E-state index < -0.39 is 23.1 Å². The number of hydrogen-bond donors (Lipinski definition) is 1. The quantitative estimate of drug-likeness (QED) is 0.825. The van der Waals surface area contributed by atoms with E-state index in [4.69, 9.17) is 5.11 Å². The Morgan fingerprint density at radius 2 is 1.85 bits per heavy atom. The number of carbonyl (C=O) groups excluding carboxylic acids is 1. The first-order valence-electron chi connectivity index (χ1n) is 8.79. The number of β-amino-alcohol motifs (C(OH)–C–C–N with tert-alkyl or cyclic N) is 1. The van der Waals surface area contributed by atoms with Gasteiger partial charge in [0, 0.05) is 19.6 Å². The minimum atomic E-state index is -4.75.